The van der Waals surface area contributed by atoms with Gasteiger partial charge in [0, 0.05) is 0 Å². The van der Waals surface area contributed by atoms with E-state index in [1.54, 1.807) is 12.1 Å². The molecule has 0 aliphatic carbocycles. The zero-order valence-corrected chi connectivity index (χ0v) is 10.6. The van der Waals surface area contributed by atoms with Crippen molar-refractivity contribution < 1.29 is 8.42 Å². The molecule has 1 aromatic rings. The van der Waals surface area contributed by atoms with Crippen LogP contribution in [-0.4, -0.2) is 29.3 Å². The fourth-order valence-electron chi connectivity index (χ4n) is 0.882. The van der Waals surface area contributed by atoms with Gasteiger partial charge >= 0.3 is 95.0 Å². The number of benzene rings is 1. The number of primary sulfonamides is 1. The van der Waals surface area contributed by atoms with Crippen LogP contribution in [0.1, 0.15) is 0 Å². The molecule has 0 fully saturated rings. The molecule has 1 aromatic carbocycles. The molecular formula is C8H10ClNO2SSe. The van der Waals surface area contributed by atoms with Crippen LogP contribution in [0.2, 0.25) is 5.32 Å². The summed E-state index contributed by atoms with van der Waals surface area (Å²) in [6.07, 6.45) is 0. The monoisotopic (exact) mass is 299 g/mol. The third-order valence-electron chi connectivity index (χ3n) is 1.50. The van der Waals surface area contributed by atoms with Crippen molar-refractivity contribution in [1.29, 1.82) is 0 Å². The second kappa shape index (κ2) is 5.14. The van der Waals surface area contributed by atoms with E-state index >= 15 is 0 Å². The molecule has 14 heavy (non-hydrogen) atoms. The Balaban J connectivity index is 2.79. The van der Waals surface area contributed by atoms with Crippen molar-refractivity contribution in [3.8, 4) is 0 Å². The van der Waals surface area contributed by atoms with E-state index in [-0.39, 0.29) is 4.90 Å². The predicted octanol–water partition coefficient (Wildman–Crippen LogP) is 0.321. The molecule has 1 rings (SSSR count). The molecule has 0 saturated heterocycles. The van der Waals surface area contributed by atoms with Gasteiger partial charge in [0.1, 0.15) is 0 Å². The second-order valence-electron chi connectivity index (χ2n) is 2.55. The van der Waals surface area contributed by atoms with E-state index < -0.39 is 10.0 Å². The van der Waals surface area contributed by atoms with E-state index in [4.69, 9.17) is 16.7 Å². The first-order valence-electron chi connectivity index (χ1n) is 3.85. The molecule has 0 spiro atoms. The summed E-state index contributed by atoms with van der Waals surface area (Å²) >= 11 is 5.87. The fourth-order valence-corrected chi connectivity index (χ4v) is 3.14. The van der Waals surface area contributed by atoms with E-state index in [0.717, 1.165) is 9.78 Å². The van der Waals surface area contributed by atoms with Gasteiger partial charge in [-0.05, 0) is 0 Å². The Hall–Kier alpha value is -0.0605. The van der Waals surface area contributed by atoms with Gasteiger partial charge in [-0.1, -0.05) is 0 Å². The van der Waals surface area contributed by atoms with Crippen LogP contribution >= 0.6 is 11.6 Å². The minimum absolute atomic E-state index is 0.155. The van der Waals surface area contributed by atoms with Crippen molar-refractivity contribution in [3.05, 3.63) is 24.3 Å². The molecular weight excluding hydrogens is 289 g/mol. The Labute approximate surface area is 94.8 Å². The van der Waals surface area contributed by atoms with Crippen LogP contribution in [0.25, 0.3) is 0 Å². The maximum absolute atomic E-state index is 10.9. The molecule has 78 valence electrons. The van der Waals surface area contributed by atoms with Gasteiger partial charge in [0.25, 0.3) is 0 Å². The van der Waals surface area contributed by atoms with Gasteiger partial charge in [0.05, 0.1) is 0 Å². The quantitative estimate of drug-likeness (QED) is 0.643. The number of alkyl halides is 1. The summed E-state index contributed by atoms with van der Waals surface area (Å²) in [5, 5.41) is 5.91. The number of hydrogen-bond donors (Lipinski definition) is 1. The Bertz CT molecular complexity index is 390. The van der Waals surface area contributed by atoms with Gasteiger partial charge in [0.2, 0.25) is 0 Å². The summed E-state index contributed by atoms with van der Waals surface area (Å²) in [4.78, 5) is 0.155. The van der Waals surface area contributed by atoms with E-state index in [2.05, 4.69) is 0 Å². The first-order chi connectivity index (χ1) is 6.54. The Morgan fingerprint density at radius 1 is 1.29 bits per heavy atom. The molecule has 0 bridgehead atoms. The summed E-state index contributed by atoms with van der Waals surface area (Å²) in [5.41, 5.74) is 0. The van der Waals surface area contributed by atoms with Crippen molar-refractivity contribution >= 4 is 41.0 Å². The van der Waals surface area contributed by atoms with E-state index in [0.29, 0.717) is 20.8 Å². The van der Waals surface area contributed by atoms with Gasteiger partial charge in [-0.2, -0.15) is 0 Å². The topological polar surface area (TPSA) is 60.2 Å². The Morgan fingerprint density at radius 2 is 1.86 bits per heavy atom. The predicted molar refractivity (Wildman–Crippen MR) is 58.7 cm³/mol. The summed E-state index contributed by atoms with van der Waals surface area (Å²) in [6.45, 7) is 0. The van der Waals surface area contributed by atoms with Crippen LogP contribution in [-0.2, 0) is 10.0 Å². The second-order valence-corrected chi connectivity index (χ2v) is 6.94. The zero-order chi connectivity index (χ0) is 10.6. The Morgan fingerprint density at radius 3 is 2.29 bits per heavy atom. The molecule has 0 saturated carbocycles. The normalized spacial score (nSPS) is 11.6. The number of hydrogen-bond acceptors (Lipinski definition) is 2. The third-order valence-corrected chi connectivity index (χ3v) is 5.25. The van der Waals surface area contributed by atoms with Crippen LogP contribution < -0.4 is 9.60 Å². The number of rotatable bonds is 4. The maximum atomic E-state index is 10.9. The summed E-state index contributed by atoms with van der Waals surface area (Å²) in [6, 6.07) is 6.62. The fraction of sp³-hybridized carbons (Fsp3) is 0.250. The molecule has 0 aliphatic rings. The summed E-state index contributed by atoms with van der Waals surface area (Å²) in [7, 11) is -3.56. The SMILES string of the molecule is NS(=O)(=O)c1ccc([Se]CCCl)cc1. The third kappa shape index (κ3) is 3.59. The Kier molecular flexibility index (Phi) is 4.41. The van der Waals surface area contributed by atoms with Crippen LogP contribution in [0.15, 0.2) is 29.2 Å². The summed E-state index contributed by atoms with van der Waals surface area (Å²) in [5.74, 6) is 0.636. The van der Waals surface area contributed by atoms with Crippen molar-refractivity contribution in [2.75, 3.05) is 5.88 Å². The van der Waals surface area contributed by atoms with Crippen LogP contribution in [0.4, 0.5) is 0 Å². The molecule has 0 atom stereocenters. The van der Waals surface area contributed by atoms with Crippen LogP contribution in [0.3, 0.4) is 0 Å². The van der Waals surface area contributed by atoms with Gasteiger partial charge < -0.3 is 0 Å². The minimum atomic E-state index is -3.56. The molecule has 0 aromatic heterocycles. The van der Waals surface area contributed by atoms with Crippen molar-refractivity contribution in [3.63, 3.8) is 0 Å². The van der Waals surface area contributed by atoms with Crippen LogP contribution in [0, 0.1) is 0 Å². The van der Waals surface area contributed by atoms with Crippen LogP contribution in [0.5, 0.6) is 0 Å². The van der Waals surface area contributed by atoms with E-state index in [9.17, 15) is 8.42 Å². The van der Waals surface area contributed by atoms with E-state index in [1.165, 1.54) is 12.1 Å². The zero-order valence-electron chi connectivity index (χ0n) is 7.31. The van der Waals surface area contributed by atoms with Gasteiger partial charge in [-0.15, -0.1) is 0 Å². The molecule has 0 heterocycles. The standard InChI is InChI=1S/C8H10ClNO2SSe/c9-5-6-14-8-3-1-7(2-4-8)13(10,11)12/h1-4H,5-6H2,(H2,10,11,12). The molecule has 6 heteroatoms. The number of nitrogens with two attached hydrogens (primary N) is 1. The molecule has 2 N–H and O–H groups in total. The first-order valence-corrected chi connectivity index (χ1v) is 8.00. The van der Waals surface area contributed by atoms with Gasteiger partial charge in [-0.25, -0.2) is 0 Å². The van der Waals surface area contributed by atoms with Gasteiger partial charge in [-0.3, -0.25) is 0 Å². The molecule has 3 nitrogen and oxygen atoms in total. The first kappa shape index (κ1) is 12.0. The van der Waals surface area contributed by atoms with Crippen molar-refractivity contribution in [1.82, 2.24) is 0 Å². The molecule has 0 unspecified atom stereocenters. The summed E-state index contributed by atoms with van der Waals surface area (Å²) < 4.78 is 23.0. The van der Waals surface area contributed by atoms with E-state index in [1.807, 2.05) is 0 Å². The molecule has 0 aliphatic heterocycles. The molecule has 0 radical (unpaired) electrons. The number of halogens is 1. The van der Waals surface area contributed by atoms with Crippen molar-refractivity contribution in [2.24, 2.45) is 5.14 Å². The molecule has 0 amide bonds. The number of sulfonamides is 1. The average molecular weight is 299 g/mol. The van der Waals surface area contributed by atoms with Gasteiger partial charge in [0.15, 0.2) is 0 Å². The van der Waals surface area contributed by atoms with Crippen molar-refractivity contribution in [2.45, 2.75) is 10.2 Å². The average Bonchev–Trinajstić information content (AvgIpc) is 2.14.